The van der Waals surface area contributed by atoms with Crippen LogP contribution in [-0.2, 0) is 14.2 Å². The van der Waals surface area contributed by atoms with Crippen molar-refractivity contribution in [3.05, 3.63) is 12.3 Å². The van der Waals surface area contributed by atoms with Gasteiger partial charge in [-0.25, -0.2) is 0 Å². The maximum Gasteiger partial charge on any atom is 0.206 e. The van der Waals surface area contributed by atoms with Crippen LogP contribution in [0.3, 0.4) is 0 Å². The van der Waals surface area contributed by atoms with Crippen LogP contribution >= 0.6 is 0 Å². The third-order valence-electron chi connectivity index (χ3n) is 3.71. The van der Waals surface area contributed by atoms with Gasteiger partial charge in [0.15, 0.2) is 0 Å². The normalized spacial score (nSPS) is 35.5. The van der Waals surface area contributed by atoms with Crippen molar-refractivity contribution in [1.82, 2.24) is 0 Å². The lowest BCUT2D eigenvalue weighted by atomic mass is 9.83. The highest BCUT2D eigenvalue weighted by atomic mass is 16.8. The molecule has 1 heterocycles. The molecule has 0 bridgehead atoms. The third kappa shape index (κ3) is 3.02. The molecule has 3 heteroatoms. The lowest BCUT2D eigenvalue weighted by Crippen LogP contribution is -2.44. The van der Waals surface area contributed by atoms with Gasteiger partial charge in [-0.2, -0.15) is 0 Å². The third-order valence-corrected chi connectivity index (χ3v) is 3.71. The van der Waals surface area contributed by atoms with Gasteiger partial charge in [-0.1, -0.05) is 25.3 Å². The van der Waals surface area contributed by atoms with E-state index in [9.17, 15) is 0 Å². The van der Waals surface area contributed by atoms with Crippen molar-refractivity contribution in [2.24, 2.45) is 5.92 Å². The van der Waals surface area contributed by atoms with Crippen molar-refractivity contribution in [2.45, 2.75) is 57.8 Å². The molecule has 0 amide bonds. The van der Waals surface area contributed by atoms with Crippen LogP contribution in [0.25, 0.3) is 0 Å². The topological polar surface area (TPSA) is 27.7 Å². The van der Waals surface area contributed by atoms with Gasteiger partial charge in [-0.05, 0) is 26.7 Å². The van der Waals surface area contributed by atoms with Crippen molar-refractivity contribution in [3.63, 3.8) is 0 Å². The Hall–Kier alpha value is -0.540. The fourth-order valence-corrected chi connectivity index (χ4v) is 2.88. The van der Waals surface area contributed by atoms with E-state index in [-0.39, 0.29) is 6.10 Å². The summed E-state index contributed by atoms with van der Waals surface area (Å²) in [6.45, 7) is 5.23. The molecule has 2 unspecified atom stereocenters. The number of rotatable bonds is 4. The average molecular weight is 240 g/mol. The Morgan fingerprint density at radius 3 is 2.65 bits per heavy atom. The minimum Gasteiger partial charge on any atom is -0.496 e. The standard InChI is InChI=1S/C14H24O3/c1-3-9-15-11-14(16-10-12(2)17-14)13-7-5-4-6-8-13/h3,9,12-13H,4-8,10-11H2,1-2H3. The maximum atomic E-state index is 6.05. The average Bonchev–Trinajstić information content (AvgIpc) is 2.74. The second-order valence-electron chi connectivity index (χ2n) is 5.17. The Balaban J connectivity index is 2.00. The Kier molecular flexibility index (Phi) is 4.46. The molecule has 0 aromatic rings. The molecule has 17 heavy (non-hydrogen) atoms. The van der Waals surface area contributed by atoms with Crippen molar-refractivity contribution in [2.75, 3.05) is 13.2 Å². The van der Waals surface area contributed by atoms with Gasteiger partial charge in [0.1, 0.15) is 6.61 Å². The van der Waals surface area contributed by atoms with Crippen LogP contribution in [0, 0.1) is 5.92 Å². The quantitative estimate of drug-likeness (QED) is 0.706. The van der Waals surface area contributed by atoms with Crippen LogP contribution in [0.15, 0.2) is 12.3 Å². The molecule has 0 radical (unpaired) electrons. The van der Waals surface area contributed by atoms with E-state index in [1.54, 1.807) is 6.26 Å². The molecule has 2 rings (SSSR count). The number of allylic oxidation sites excluding steroid dienone is 1. The number of hydrogen-bond acceptors (Lipinski definition) is 3. The van der Waals surface area contributed by atoms with E-state index in [0.29, 0.717) is 19.1 Å². The molecule has 1 saturated heterocycles. The molecule has 0 N–H and O–H groups in total. The highest BCUT2D eigenvalue weighted by molar-refractivity contribution is 4.87. The van der Waals surface area contributed by atoms with Crippen LogP contribution in [-0.4, -0.2) is 25.1 Å². The van der Waals surface area contributed by atoms with Crippen LogP contribution in [0.5, 0.6) is 0 Å². The highest BCUT2D eigenvalue weighted by Crippen LogP contribution is 2.40. The van der Waals surface area contributed by atoms with Crippen LogP contribution < -0.4 is 0 Å². The van der Waals surface area contributed by atoms with E-state index in [1.807, 2.05) is 13.0 Å². The van der Waals surface area contributed by atoms with Crippen molar-refractivity contribution < 1.29 is 14.2 Å². The Morgan fingerprint density at radius 1 is 1.29 bits per heavy atom. The molecule has 98 valence electrons. The molecule has 0 aromatic heterocycles. The molecule has 1 aliphatic heterocycles. The molecular formula is C14H24O3. The van der Waals surface area contributed by atoms with E-state index < -0.39 is 5.79 Å². The van der Waals surface area contributed by atoms with E-state index in [0.717, 1.165) is 0 Å². The Bertz CT molecular complexity index is 258. The largest absolute Gasteiger partial charge is 0.496 e. The summed E-state index contributed by atoms with van der Waals surface area (Å²) in [4.78, 5) is 0. The predicted molar refractivity (Wildman–Crippen MR) is 66.6 cm³/mol. The van der Waals surface area contributed by atoms with E-state index in [2.05, 4.69) is 6.92 Å². The summed E-state index contributed by atoms with van der Waals surface area (Å²) in [5, 5.41) is 0. The van der Waals surface area contributed by atoms with Gasteiger partial charge in [0, 0.05) is 5.92 Å². The fourth-order valence-electron chi connectivity index (χ4n) is 2.88. The first-order chi connectivity index (χ1) is 8.27. The SMILES string of the molecule is CC=COCC1(C2CCCCC2)OCC(C)O1. The monoisotopic (exact) mass is 240 g/mol. The van der Waals surface area contributed by atoms with Gasteiger partial charge in [-0.3, -0.25) is 0 Å². The zero-order valence-electron chi connectivity index (χ0n) is 11.0. The van der Waals surface area contributed by atoms with Crippen molar-refractivity contribution >= 4 is 0 Å². The summed E-state index contributed by atoms with van der Waals surface area (Å²) in [5.74, 6) is 0.00533. The molecule has 2 fully saturated rings. The predicted octanol–water partition coefficient (Wildman–Crippen LogP) is 3.25. The van der Waals surface area contributed by atoms with Gasteiger partial charge >= 0.3 is 0 Å². The molecule has 1 saturated carbocycles. The lowest BCUT2D eigenvalue weighted by Gasteiger charge is -2.37. The summed E-state index contributed by atoms with van der Waals surface area (Å²) in [6.07, 6.45) is 10.1. The second kappa shape index (κ2) is 5.87. The number of hydrogen-bond donors (Lipinski definition) is 0. The summed E-state index contributed by atoms with van der Waals surface area (Å²) < 4.78 is 17.6. The molecule has 2 aliphatic rings. The zero-order valence-corrected chi connectivity index (χ0v) is 11.0. The summed E-state index contributed by atoms with van der Waals surface area (Å²) in [5.41, 5.74) is 0. The van der Waals surface area contributed by atoms with Crippen LogP contribution in [0.1, 0.15) is 46.0 Å². The van der Waals surface area contributed by atoms with Gasteiger partial charge in [0.2, 0.25) is 5.79 Å². The molecular weight excluding hydrogens is 216 g/mol. The van der Waals surface area contributed by atoms with Gasteiger partial charge < -0.3 is 14.2 Å². The summed E-state index contributed by atoms with van der Waals surface area (Å²) >= 11 is 0. The second-order valence-corrected chi connectivity index (χ2v) is 5.17. The van der Waals surface area contributed by atoms with Crippen molar-refractivity contribution in [1.29, 1.82) is 0 Å². The first-order valence-electron chi connectivity index (χ1n) is 6.81. The molecule has 0 aromatic carbocycles. The summed E-state index contributed by atoms with van der Waals surface area (Å²) in [7, 11) is 0. The molecule has 0 spiro atoms. The lowest BCUT2D eigenvalue weighted by molar-refractivity contribution is -0.231. The summed E-state index contributed by atoms with van der Waals surface area (Å²) in [6, 6.07) is 0. The van der Waals surface area contributed by atoms with Gasteiger partial charge in [-0.15, -0.1) is 0 Å². The smallest absolute Gasteiger partial charge is 0.206 e. The molecule has 2 atom stereocenters. The first-order valence-corrected chi connectivity index (χ1v) is 6.81. The Labute approximate surface area is 104 Å². The minimum absolute atomic E-state index is 0.186. The van der Waals surface area contributed by atoms with Crippen LogP contribution in [0.4, 0.5) is 0 Å². The maximum absolute atomic E-state index is 6.05. The number of ether oxygens (including phenoxy) is 3. The van der Waals surface area contributed by atoms with E-state index in [1.165, 1.54) is 32.1 Å². The van der Waals surface area contributed by atoms with E-state index in [4.69, 9.17) is 14.2 Å². The molecule has 3 nitrogen and oxygen atoms in total. The van der Waals surface area contributed by atoms with E-state index >= 15 is 0 Å². The Morgan fingerprint density at radius 2 is 2.06 bits per heavy atom. The van der Waals surface area contributed by atoms with Crippen molar-refractivity contribution in [3.8, 4) is 0 Å². The minimum atomic E-state index is -0.487. The zero-order chi connectivity index (χ0) is 12.1. The highest BCUT2D eigenvalue weighted by Gasteiger charge is 2.47. The van der Waals surface area contributed by atoms with Gasteiger partial charge in [0.05, 0.1) is 19.0 Å². The van der Waals surface area contributed by atoms with Crippen LogP contribution in [0.2, 0.25) is 0 Å². The fraction of sp³-hybridized carbons (Fsp3) is 0.857. The molecule has 1 aliphatic carbocycles. The van der Waals surface area contributed by atoms with Gasteiger partial charge in [0.25, 0.3) is 0 Å². The first kappa shape index (κ1) is 12.9.